The normalized spacial score (nSPS) is 13.8. The number of rotatable bonds is 8. The predicted molar refractivity (Wildman–Crippen MR) is 118 cm³/mol. The molecule has 6 heteroatoms. The van der Waals surface area contributed by atoms with Gasteiger partial charge in [0.05, 0.1) is 12.1 Å². The molecule has 4 rings (SSSR count). The SMILES string of the molecule is CCN(CCc1ccncc1)C1=C(c2ccccc2)C(=O)N(Cc2cccnc2)C1=O. The van der Waals surface area contributed by atoms with Crippen LogP contribution in [0, 0.1) is 0 Å². The molecule has 3 heterocycles. The van der Waals surface area contributed by atoms with Gasteiger partial charge in [-0.3, -0.25) is 24.5 Å². The summed E-state index contributed by atoms with van der Waals surface area (Å²) in [7, 11) is 0. The highest BCUT2D eigenvalue weighted by atomic mass is 16.2. The molecule has 1 aliphatic heterocycles. The Morgan fingerprint density at radius 1 is 0.839 bits per heavy atom. The average molecular weight is 412 g/mol. The summed E-state index contributed by atoms with van der Waals surface area (Å²) < 4.78 is 0. The van der Waals surface area contributed by atoms with E-state index in [9.17, 15) is 9.59 Å². The Hall–Kier alpha value is -3.80. The van der Waals surface area contributed by atoms with Gasteiger partial charge in [-0.2, -0.15) is 0 Å². The molecule has 0 aliphatic carbocycles. The van der Waals surface area contributed by atoms with E-state index in [1.807, 2.05) is 60.4 Å². The molecule has 0 atom stereocenters. The lowest BCUT2D eigenvalue weighted by molar-refractivity contribution is -0.138. The van der Waals surface area contributed by atoms with Crippen molar-refractivity contribution in [2.45, 2.75) is 19.9 Å². The van der Waals surface area contributed by atoms with Crippen molar-refractivity contribution in [2.24, 2.45) is 0 Å². The van der Waals surface area contributed by atoms with Crippen molar-refractivity contribution in [3.8, 4) is 0 Å². The molecule has 156 valence electrons. The fraction of sp³-hybridized carbons (Fsp3) is 0.200. The van der Waals surface area contributed by atoms with E-state index in [0.717, 1.165) is 23.1 Å². The van der Waals surface area contributed by atoms with Crippen LogP contribution in [-0.4, -0.2) is 44.7 Å². The Morgan fingerprint density at radius 3 is 2.29 bits per heavy atom. The first kappa shape index (κ1) is 20.5. The van der Waals surface area contributed by atoms with Gasteiger partial charge in [0, 0.05) is 37.9 Å². The number of pyridine rings is 2. The Kier molecular flexibility index (Phi) is 6.17. The summed E-state index contributed by atoms with van der Waals surface area (Å²) in [6.45, 7) is 3.46. The van der Waals surface area contributed by atoms with E-state index in [-0.39, 0.29) is 18.4 Å². The molecule has 2 aromatic heterocycles. The number of amides is 2. The van der Waals surface area contributed by atoms with Crippen molar-refractivity contribution in [3.05, 3.63) is 102 Å². The predicted octanol–water partition coefficient (Wildman–Crippen LogP) is 3.32. The van der Waals surface area contributed by atoms with E-state index in [2.05, 4.69) is 9.97 Å². The zero-order valence-corrected chi connectivity index (χ0v) is 17.4. The molecule has 0 unspecified atom stereocenters. The van der Waals surface area contributed by atoms with Crippen LogP contribution >= 0.6 is 0 Å². The van der Waals surface area contributed by atoms with Crippen LogP contribution in [0.2, 0.25) is 0 Å². The zero-order chi connectivity index (χ0) is 21.6. The number of hydrogen-bond acceptors (Lipinski definition) is 5. The summed E-state index contributed by atoms with van der Waals surface area (Å²) in [5, 5.41) is 0. The molecule has 3 aromatic rings. The maximum absolute atomic E-state index is 13.5. The third-order valence-electron chi connectivity index (χ3n) is 5.39. The highest BCUT2D eigenvalue weighted by Crippen LogP contribution is 2.32. The van der Waals surface area contributed by atoms with Crippen molar-refractivity contribution < 1.29 is 9.59 Å². The summed E-state index contributed by atoms with van der Waals surface area (Å²) in [4.78, 5) is 38.4. The monoisotopic (exact) mass is 412 g/mol. The number of nitrogens with zero attached hydrogens (tertiary/aromatic N) is 4. The third kappa shape index (κ3) is 4.38. The second kappa shape index (κ2) is 9.34. The van der Waals surface area contributed by atoms with Gasteiger partial charge in [0.1, 0.15) is 5.70 Å². The molecule has 0 N–H and O–H groups in total. The number of benzene rings is 1. The van der Waals surface area contributed by atoms with Crippen LogP contribution in [0.15, 0.2) is 85.1 Å². The van der Waals surface area contributed by atoms with Crippen LogP contribution in [0.4, 0.5) is 0 Å². The molecule has 0 saturated heterocycles. The van der Waals surface area contributed by atoms with Gasteiger partial charge in [-0.05, 0) is 48.2 Å². The highest BCUT2D eigenvalue weighted by molar-refractivity contribution is 6.35. The Morgan fingerprint density at radius 2 is 1.61 bits per heavy atom. The minimum atomic E-state index is -0.266. The van der Waals surface area contributed by atoms with Gasteiger partial charge < -0.3 is 4.90 Å². The van der Waals surface area contributed by atoms with Gasteiger partial charge in [0.2, 0.25) is 0 Å². The fourth-order valence-corrected chi connectivity index (χ4v) is 3.78. The lowest BCUT2D eigenvalue weighted by Gasteiger charge is -2.25. The maximum atomic E-state index is 13.5. The Balaban J connectivity index is 1.68. The largest absolute Gasteiger partial charge is 0.366 e. The van der Waals surface area contributed by atoms with Crippen LogP contribution in [0.5, 0.6) is 0 Å². The van der Waals surface area contributed by atoms with Gasteiger partial charge in [-0.1, -0.05) is 36.4 Å². The number of imide groups is 1. The first-order valence-electron chi connectivity index (χ1n) is 10.4. The average Bonchev–Trinajstić information content (AvgIpc) is 3.06. The second-order valence-corrected chi connectivity index (χ2v) is 7.33. The van der Waals surface area contributed by atoms with E-state index < -0.39 is 0 Å². The number of carbonyl (C=O) groups is 2. The number of likely N-dealkylation sites (N-methyl/N-ethyl adjacent to an activating group) is 1. The Labute approximate surface area is 181 Å². The second-order valence-electron chi connectivity index (χ2n) is 7.33. The highest BCUT2D eigenvalue weighted by Gasteiger charge is 2.41. The summed E-state index contributed by atoms with van der Waals surface area (Å²) in [5.74, 6) is -0.526. The molecule has 0 bridgehead atoms. The van der Waals surface area contributed by atoms with Crippen molar-refractivity contribution in [2.75, 3.05) is 13.1 Å². The lowest BCUT2D eigenvalue weighted by Crippen LogP contribution is -2.35. The topological polar surface area (TPSA) is 66.4 Å². The fourth-order valence-electron chi connectivity index (χ4n) is 3.78. The molecular formula is C25H24N4O2. The standard InChI is InChI=1S/C25H24N4O2/c1-2-28(16-12-19-10-14-26-15-11-19)23-22(21-8-4-3-5-9-21)24(30)29(25(23)31)18-20-7-6-13-27-17-20/h3-11,13-15,17H,2,12,16,18H2,1H3. The van der Waals surface area contributed by atoms with Crippen molar-refractivity contribution in [1.82, 2.24) is 19.8 Å². The quantitative estimate of drug-likeness (QED) is 0.531. The summed E-state index contributed by atoms with van der Waals surface area (Å²) in [5.41, 5.74) is 3.65. The lowest BCUT2D eigenvalue weighted by atomic mass is 10.0. The molecule has 1 aliphatic rings. The molecular weight excluding hydrogens is 388 g/mol. The molecule has 0 fully saturated rings. The molecule has 0 spiro atoms. The van der Waals surface area contributed by atoms with Crippen LogP contribution in [0.25, 0.3) is 5.57 Å². The maximum Gasteiger partial charge on any atom is 0.278 e. The van der Waals surface area contributed by atoms with E-state index in [1.54, 1.807) is 30.9 Å². The van der Waals surface area contributed by atoms with Crippen LogP contribution < -0.4 is 0 Å². The molecule has 31 heavy (non-hydrogen) atoms. The third-order valence-corrected chi connectivity index (χ3v) is 5.39. The summed E-state index contributed by atoms with van der Waals surface area (Å²) in [6.07, 6.45) is 7.64. The van der Waals surface area contributed by atoms with Gasteiger partial charge >= 0.3 is 0 Å². The number of hydrogen-bond donors (Lipinski definition) is 0. The minimum absolute atomic E-state index is 0.202. The van der Waals surface area contributed by atoms with Crippen LogP contribution in [-0.2, 0) is 22.6 Å². The molecule has 2 amide bonds. The molecule has 6 nitrogen and oxygen atoms in total. The Bertz CT molecular complexity index is 1080. The van der Waals surface area contributed by atoms with Gasteiger partial charge in [0.15, 0.2) is 0 Å². The van der Waals surface area contributed by atoms with Crippen molar-refractivity contribution in [3.63, 3.8) is 0 Å². The molecule has 0 radical (unpaired) electrons. The summed E-state index contributed by atoms with van der Waals surface area (Å²) in [6, 6.07) is 17.0. The number of carbonyl (C=O) groups excluding carboxylic acids is 2. The van der Waals surface area contributed by atoms with E-state index in [1.165, 1.54) is 4.90 Å². The van der Waals surface area contributed by atoms with Crippen molar-refractivity contribution in [1.29, 1.82) is 0 Å². The van der Waals surface area contributed by atoms with Crippen molar-refractivity contribution >= 4 is 17.4 Å². The zero-order valence-electron chi connectivity index (χ0n) is 17.4. The number of aromatic nitrogens is 2. The van der Waals surface area contributed by atoms with E-state index >= 15 is 0 Å². The smallest absolute Gasteiger partial charge is 0.278 e. The first-order valence-corrected chi connectivity index (χ1v) is 10.4. The van der Waals surface area contributed by atoms with Gasteiger partial charge in [-0.15, -0.1) is 0 Å². The van der Waals surface area contributed by atoms with E-state index in [4.69, 9.17) is 0 Å². The minimum Gasteiger partial charge on any atom is -0.366 e. The van der Waals surface area contributed by atoms with Gasteiger partial charge in [0.25, 0.3) is 11.8 Å². The van der Waals surface area contributed by atoms with Crippen LogP contribution in [0.1, 0.15) is 23.6 Å². The first-order chi connectivity index (χ1) is 15.2. The molecule has 0 saturated carbocycles. The summed E-state index contributed by atoms with van der Waals surface area (Å²) >= 11 is 0. The molecule has 1 aromatic carbocycles. The van der Waals surface area contributed by atoms with Gasteiger partial charge in [-0.25, -0.2) is 0 Å². The van der Waals surface area contributed by atoms with E-state index in [0.29, 0.717) is 24.4 Å². The van der Waals surface area contributed by atoms with Crippen LogP contribution in [0.3, 0.4) is 0 Å².